The van der Waals surface area contributed by atoms with E-state index < -0.39 is 30.0 Å². The van der Waals surface area contributed by atoms with Crippen LogP contribution in [0.4, 0.5) is 4.79 Å². The van der Waals surface area contributed by atoms with Gasteiger partial charge in [-0.2, -0.15) is 0 Å². The molecule has 1 heterocycles. The minimum atomic E-state index is -1.44. The van der Waals surface area contributed by atoms with E-state index in [2.05, 4.69) is 5.32 Å². The fourth-order valence-electron chi connectivity index (χ4n) is 1.77. The Morgan fingerprint density at radius 1 is 1.47 bits per heavy atom. The maximum atomic E-state index is 11.9. The zero-order valence-electron chi connectivity index (χ0n) is 10.3. The third-order valence-electron chi connectivity index (χ3n) is 2.85. The number of hydrogen-bond donors (Lipinski definition) is 1. The molecule has 96 valence electrons. The smallest absolute Gasteiger partial charge is 0.325 e. The lowest BCUT2D eigenvalue weighted by atomic mass is 9.92. The molecule has 1 atom stereocenters. The Morgan fingerprint density at radius 2 is 2.06 bits per heavy atom. The van der Waals surface area contributed by atoms with E-state index in [4.69, 9.17) is 0 Å². The van der Waals surface area contributed by atoms with Crippen LogP contribution in [0.3, 0.4) is 0 Å². The predicted octanol–water partition coefficient (Wildman–Crippen LogP) is -0.517. The van der Waals surface area contributed by atoms with E-state index >= 15 is 0 Å². The average Bonchev–Trinajstić information content (AvgIpc) is 2.40. The van der Waals surface area contributed by atoms with Gasteiger partial charge in [0.05, 0.1) is 12.5 Å². The molecular formula is C11H17N2O4-. The van der Waals surface area contributed by atoms with Crippen LogP contribution in [0.1, 0.15) is 33.6 Å². The number of carboxylic acid groups (broad SMARTS) is 1. The molecule has 1 N–H and O–H groups in total. The van der Waals surface area contributed by atoms with Gasteiger partial charge in [0.25, 0.3) is 5.91 Å². The molecule has 0 bridgehead atoms. The van der Waals surface area contributed by atoms with E-state index in [0.29, 0.717) is 17.2 Å². The topological polar surface area (TPSA) is 89.5 Å². The molecule has 0 saturated carbocycles. The van der Waals surface area contributed by atoms with Gasteiger partial charge in [-0.25, -0.2) is 4.79 Å². The van der Waals surface area contributed by atoms with Crippen LogP contribution in [0, 0.1) is 5.92 Å². The first-order valence-electron chi connectivity index (χ1n) is 5.60. The van der Waals surface area contributed by atoms with E-state index in [1.54, 1.807) is 6.92 Å². The highest BCUT2D eigenvalue weighted by Crippen LogP contribution is 2.24. The van der Waals surface area contributed by atoms with Gasteiger partial charge in [-0.1, -0.05) is 13.8 Å². The number of amides is 3. The summed E-state index contributed by atoms with van der Waals surface area (Å²) in [6.07, 6.45) is 1.28. The van der Waals surface area contributed by atoms with Gasteiger partial charge in [-0.05, 0) is 25.7 Å². The van der Waals surface area contributed by atoms with Gasteiger partial charge in [-0.3, -0.25) is 9.69 Å². The summed E-state index contributed by atoms with van der Waals surface area (Å²) in [7, 11) is 0. The molecule has 6 heteroatoms. The Bertz CT molecular complexity index is 353. The summed E-state index contributed by atoms with van der Waals surface area (Å²) in [6, 6.07) is -0.662. The molecule has 6 nitrogen and oxygen atoms in total. The summed E-state index contributed by atoms with van der Waals surface area (Å²) >= 11 is 0. The van der Waals surface area contributed by atoms with E-state index in [0.717, 1.165) is 6.42 Å². The van der Waals surface area contributed by atoms with Crippen LogP contribution in [0.15, 0.2) is 0 Å². The number of imide groups is 1. The van der Waals surface area contributed by atoms with Crippen molar-refractivity contribution >= 4 is 17.9 Å². The van der Waals surface area contributed by atoms with Crippen molar-refractivity contribution < 1.29 is 19.5 Å². The number of rotatable bonds is 5. The number of urea groups is 1. The van der Waals surface area contributed by atoms with Gasteiger partial charge in [0.15, 0.2) is 0 Å². The van der Waals surface area contributed by atoms with Crippen molar-refractivity contribution in [2.45, 2.75) is 39.2 Å². The van der Waals surface area contributed by atoms with Crippen molar-refractivity contribution in [1.29, 1.82) is 0 Å². The van der Waals surface area contributed by atoms with Crippen molar-refractivity contribution in [2.24, 2.45) is 5.92 Å². The first-order chi connectivity index (χ1) is 7.76. The molecular weight excluding hydrogens is 224 g/mol. The van der Waals surface area contributed by atoms with Gasteiger partial charge < -0.3 is 15.2 Å². The van der Waals surface area contributed by atoms with Crippen molar-refractivity contribution in [1.82, 2.24) is 10.2 Å². The van der Waals surface area contributed by atoms with Gasteiger partial charge in [0.1, 0.15) is 5.54 Å². The normalized spacial score (nSPS) is 24.4. The molecule has 0 aromatic heterocycles. The highest BCUT2D eigenvalue weighted by Gasteiger charge is 2.47. The molecule has 17 heavy (non-hydrogen) atoms. The number of carbonyl (C=O) groups excluding carboxylic acids is 3. The van der Waals surface area contributed by atoms with Crippen molar-refractivity contribution in [2.75, 3.05) is 6.54 Å². The van der Waals surface area contributed by atoms with Crippen LogP contribution in [0.5, 0.6) is 0 Å². The summed E-state index contributed by atoms with van der Waals surface area (Å²) in [5.74, 6) is -1.53. The average molecular weight is 241 g/mol. The number of hydrogen-bond acceptors (Lipinski definition) is 4. The van der Waals surface area contributed by atoms with Crippen LogP contribution >= 0.6 is 0 Å². The van der Waals surface area contributed by atoms with Crippen LogP contribution in [0.2, 0.25) is 0 Å². The highest BCUT2D eigenvalue weighted by atomic mass is 16.4. The van der Waals surface area contributed by atoms with Gasteiger partial charge >= 0.3 is 6.03 Å². The van der Waals surface area contributed by atoms with Crippen molar-refractivity contribution in [3.63, 3.8) is 0 Å². The summed E-state index contributed by atoms with van der Waals surface area (Å²) in [6.45, 7) is 4.96. The van der Waals surface area contributed by atoms with E-state index in [1.165, 1.54) is 0 Å². The number of carboxylic acids is 1. The molecule has 0 aromatic carbocycles. The fourth-order valence-corrected chi connectivity index (χ4v) is 1.77. The van der Waals surface area contributed by atoms with Gasteiger partial charge in [0, 0.05) is 0 Å². The molecule has 0 unspecified atom stereocenters. The third kappa shape index (κ3) is 2.95. The van der Waals surface area contributed by atoms with Crippen LogP contribution in [0.25, 0.3) is 0 Å². The van der Waals surface area contributed by atoms with Gasteiger partial charge in [-0.15, -0.1) is 0 Å². The van der Waals surface area contributed by atoms with Crippen molar-refractivity contribution in [3.05, 3.63) is 0 Å². The molecule has 1 aliphatic rings. The number of aliphatic carboxylic acids is 1. The Labute approximate surface area is 100.0 Å². The van der Waals surface area contributed by atoms with Crippen LogP contribution < -0.4 is 10.4 Å². The van der Waals surface area contributed by atoms with Crippen molar-refractivity contribution in [3.8, 4) is 0 Å². The Kier molecular flexibility index (Phi) is 3.75. The maximum Gasteiger partial charge on any atom is 0.325 e. The maximum absolute atomic E-state index is 11.9. The highest BCUT2D eigenvalue weighted by molar-refractivity contribution is 6.08. The van der Waals surface area contributed by atoms with E-state index in [-0.39, 0.29) is 0 Å². The third-order valence-corrected chi connectivity index (χ3v) is 2.85. The molecule has 3 amide bonds. The Balaban J connectivity index is 2.75. The molecule has 0 aromatic rings. The summed E-state index contributed by atoms with van der Waals surface area (Å²) in [5.41, 5.74) is -0.989. The number of nitrogens with one attached hydrogen (secondary N) is 1. The molecule has 1 rings (SSSR count). The zero-order valence-corrected chi connectivity index (χ0v) is 10.3. The Hall–Kier alpha value is -1.59. The van der Waals surface area contributed by atoms with Crippen LogP contribution in [-0.2, 0) is 9.59 Å². The molecule has 0 spiro atoms. The second-order valence-electron chi connectivity index (χ2n) is 4.96. The lowest BCUT2D eigenvalue weighted by Gasteiger charge is -2.22. The lowest BCUT2D eigenvalue weighted by Crippen LogP contribution is -2.45. The number of nitrogens with zero attached hydrogens (tertiary/aromatic N) is 1. The van der Waals surface area contributed by atoms with E-state index in [1.807, 2.05) is 13.8 Å². The summed E-state index contributed by atoms with van der Waals surface area (Å²) in [4.78, 5) is 34.5. The minimum absolute atomic E-state index is 0.409. The first kappa shape index (κ1) is 13.5. The van der Waals surface area contributed by atoms with E-state index in [9.17, 15) is 19.5 Å². The fraction of sp³-hybridized carbons (Fsp3) is 0.727. The SMILES string of the molecule is CC(C)CC[C@@]1(C)NC(=O)N(CC(=O)[O-])C1=O. The number of carbonyl (C=O) groups is 3. The molecule has 1 aliphatic heterocycles. The standard InChI is InChI=1S/C11H18N2O4/c1-7(2)4-5-11(3)9(16)13(6-8(14)15)10(17)12-11/h7H,4-6H2,1-3H3,(H,12,17)(H,14,15)/p-1/t11-/m1/s1. The molecule has 0 aliphatic carbocycles. The predicted molar refractivity (Wildman–Crippen MR) is 57.7 cm³/mol. The lowest BCUT2D eigenvalue weighted by molar-refractivity contribution is -0.305. The summed E-state index contributed by atoms with van der Waals surface area (Å²) in [5, 5.41) is 13.0. The first-order valence-corrected chi connectivity index (χ1v) is 5.60. The minimum Gasteiger partial charge on any atom is -0.548 e. The zero-order chi connectivity index (χ0) is 13.2. The molecule has 1 saturated heterocycles. The van der Waals surface area contributed by atoms with Crippen LogP contribution in [-0.4, -0.2) is 34.9 Å². The molecule has 1 fully saturated rings. The quantitative estimate of drug-likeness (QED) is 0.656. The largest absolute Gasteiger partial charge is 0.548 e. The Morgan fingerprint density at radius 3 is 2.53 bits per heavy atom. The second kappa shape index (κ2) is 4.73. The molecule has 0 radical (unpaired) electrons. The summed E-state index contributed by atoms with van der Waals surface area (Å²) < 4.78 is 0. The monoisotopic (exact) mass is 241 g/mol. The van der Waals surface area contributed by atoms with Gasteiger partial charge in [0.2, 0.25) is 0 Å². The second-order valence-corrected chi connectivity index (χ2v) is 4.96.